The van der Waals surface area contributed by atoms with Gasteiger partial charge < -0.3 is 15.8 Å². The summed E-state index contributed by atoms with van der Waals surface area (Å²) in [7, 11) is 0. The summed E-state index contributed by atoms with van der Waals surface area (Å²) in [5.74, 6) is 1.24. The predicted molar refractivity (Wildman–Crippen MR) is 52.9 cm³/mol. The molecule has 4 heteroatoms. The average molecular weight is 185 g/mol. The summed E-state index contributed by atoms with van der Waals surface area (Å²) in [6.45, 7) is 5.28. The van der Waals surface area contributed by atoms with Crippen LogP contribution >= 0.6 is 0 Å². The molecule has 0 aromatic rings. The van der Waals surface area contributed by atoms with Gasteiger partial charge >= 0.3 is 0 Å². The lowest BCUT2D eigenvalue weighted by atomic mass is 10.3. The van der Waals surface area contributed by atoms with Crippen LogP contribution in [0.15, 0.2) is 5.16 Å². The van der Waals surface area contributed by atoms with E-state index >= 15 is 0 Å². The number of rotatable bonds is 6. The molecule has 3 N–H and O–H groups in total. The maximum Gasteiger partial charge on any atom is 0.140 e. The summed E-state index contributed by atoms with van der Waals surface area (Å²) in [6.07, 6.45) is 3.41. The Hall–Kier alpha value is -0.770. The predicted octanol–water partition coefficient (Wildman–Crippen LogP) is 0.855. The van der Waals surface area contributed by atoms with E-state index in [1.165, 1.54) is 19.4 Å². The van der Waals surface area contributed by atoms with Crippen LogP contribution < -0.4 is 5.73 Å². The van der Waals surface area contributed by atoms with Gasteiger partial charge in [-0.1, -0.05) is 12.1 Å². The number of hydrogen-bond donors (Lipinski definition) is 2. The van der Waals surface area contributed by atoms with E-state index in [1.807, 2.05) is 0 Å². The quantitative estimate of drug-likeness (QED) is 0.279. The molecule has 1 saturated carbocycles. The van der Waals surface area contributed by atoms with E-state index in [4.69, 9.17) is 10.9 Å². The second-order valence-electron chi connectivity index (χ2n) is 3.68. The Morgan fingerprint density at radius 1 is 1.62 bits per heavy atom. The summed E-state index contributed by atoms with van der Waals surface area (Å²) in [5, 5.41) is 11.3. The van der Waals surface area contributed by atoms with Gasteiger partial charge in [0.05, 0.1) is 0 Å². The normalized spacial score (nSPS) is 18.2. The topological polar surface area (TPSA) is 61.8 Å². The monoisotopic (exact) mass is 185 g/mol. The first-order valence-corrected chi connectivity index (χ1v) is 4.95. The Balaban J connectivity index is 2.14. The highest BCUT2D eigenvalue weighted by atomic mass is 16.4. The molecule has 1 aliphatic carbocycles. The summed E-state index contributed by atoms with van der Waals surface area (Å²) < 4.78 is 0. The third-order valence-corrected chi connectivity index (χ3v) is 2.47. The van der Waals surface area contributed by atoms with Crippen LogP contribution in [0.3, 0.4) is 0 Å². The van der Waals surface area contributed by atoms with E-state index in [2.05, 4.69) is 17.0 Å². The van der Waals surface area contributed by atoms with E-state index < -0.39 is 0 Å². The minimum Gasteiger partial charge on any atom is -0.409 e. The van der Waals surface area contributed by atoms with Crippen molar-refractivity contribution in [1.29, 1.82) is 0 Å². The van der Waals surface area contributed by atoms with Crippen molar-refractivity contribution in [2.75, 3.05) is 19.6 Å². The Morgan fingerprint density at radius 3 is 2.77 bits per heavy atom. The summed E-state index contributed by atoms with van der Waals surface area (Å²) in [5.41, 5.74) is 5.40. The molecular formula is C9H19N3O. The SMILES string of the molecule is CCN(CCC(N)=NO)CC1CC1. The average Bonchev–Trinajstić information content (AvgIpc) is 2.95. The maximum atomic E-state index is 8.36. The van der Waals surface area contributed by atoms with E-state index in [-0.39, 0.29) is 0 Å². The van der Waals surface area contributed by atoms with Gasteiger partial charge in [0.2, 0.25) is 0 Å². The van der Waals surface area contributed by atoms with Crippen LogP contribution in [0.4, 0.5) is 0 Å². The third-order valence-electron chi connectivity index (χ3n) is 2.47. The fraction of sp³-hybridized carbons (Fsp3) is 0.889. The molecule has 0 aromatic carbocycles. The Bertz CT molecular complexity index is 178. The second-order valence-corrected chi connectivity index (χ2v) is 3.68. The Morgan fingerprint density at radius 2 is 2.31 bits per heavy atom. The smallest absolute Gasteiger partial charge is 0.140 e. The van der Waals surface area contributed by atoms with Crippen LogP contribution in [0.5, 0.6) is 0 Å². The number of hydrogen-bond acceptors (Lipinski definition) is 3. The molecule has 1 fully saturated rings. The minimum absolute atomic E-state index is 0.328. The molecule has 0 bridgehead atoms. The molecule has 13 heavy (non-hydrogen) atoms. The van der Waals surface area contributed by atoms with Crippen LogP contribution in [-0.2, 0) is 0 Å². The molecule has 0 unspecified atom stereocenters. The minimum atomic E-state index is 0.328. The summed E-state index contributed by atoms with van der Waals surface area (Å²) in [4.78, 5) is 2.36. The first-order valence-electron chi connectivity index (χ1n) is 4.95. The van der Waals surface area contributed by atoms with Crippen molar-refractivity contribution in [2.24, 2.45) is 16.8 Å². The molecule has 1 rings (SSSR count). The molecule has 0 heterocycles. The molecule has 0 aromatic heterocycles. The van der Waals surface area contributed by atoms with Gasteiger partial charge in [-0.05, 0) is 25.3 Å². The van der Waals surface area contributed by atoms with Gasteiger partial charge in [-0.15, -0.1) is 0 Å². The molecule has 76 valence electrons. The molecule has 1 aliphatic rings. The first kappa shape index (κ1) is 10.3. The molecule has 0 saturated heterocycles. The number of nitrogens with two attached hydrogens (primary N) is 1. The zero-order chi connectivity index (χ0) is 9.68. The van der Waals surface area contributed by atoms with Crippen molar-refractivity contribution in [3.8, 4) is 0 Å². The number of oxime groups is 1. The van der Waals surface area contributed by atoms with E-state index in [1.54, 1.807) is 0 Å². The maximum absolute atomic E-state index is 8.36. The molecule has 0 aliphatic heterocycles. The third kappa shape index (κ3) is 4.12. The van der Waals surface area contributed by atoms with Gasteiger partial charge in [0.15, 0.2) is 0 Å². The summed E-state index contributed by atoms with van der Waals surface area (Å²) in [6, 6.07) is 0. The van der Waals surface area contributed by atoms with E-state index in [0.29, 0.717) is 12.3 Å². The van der Waals surface area contributed by atoms with Gasteiger partial charge in [0, 0.05) is 19.5 Å². The Labute approximate surface area is 79.4 Å². The van der Waals surface area contributed by atoms with Crippen LogP contribution in [-0.4, -0.2) is 35.6 Å². The van der Waals surface area contributed by atoms with Crippen molar-refractivity contribution in [2.45, 2.75) is 26.2 Å². The lowest BCUT2D eigenvalue weighted by molar-refractivity contribution is 0.280. The highest BCUT2D eigenvalue weighted by Gasteiger charge is 2.23. The van der Waals surface area contributed by atoms with Crippen LogP contribution in [0.25, 0.3) is 0 Å². The summed E-state index contributed by atoms with van der Waals surface area (Å²) >= 11 is 0. The van der Waals surface area contributed by atoms with Crippen molar-refractivity contribution in [3.63, 3.8) is 0 Å². The molecule has 4 nitrogen and oxygen atoms in total. The van der Waals surface area contributed by atoms with Gasteiger partial charge in [0.1, 0.15) is 5.84 Å². The number of nitrogens with zero attached hydrogens (tertiary/aromatic N) is 2. The lowest BCUT2D eigenvalue weighted by Gasteiger charge is -2.19. The van der Waals surface area contributed by atoms with Crippen molar-refractivity contribution >= 4 is 5.84 Å². The molecular weight excluding hydrogens is 166 g/mol. The lowest BCUT2D eigenvalue weighted by Crippen LogP contribution is -2.29. The van der Waals surface area contributed by atoms with Crippen molar-refractivity contribution < 1.29 is 5.21 Å². The Kier molecular flexibility index (Phi) is 4.02. The first-order chi connectivity index (χ1) is 6.26. The van der Waals surface area contributed by atoms with Crippen LogP contribution in [0.2, 0.25) is 0 Å². The van der Waals surface area contributed by atoms with Gasteiger partial charge in [0.25, 0.3) is 0 Å². The van der Waals surface area contributed by atoms with E-state index in [0.717, 1.165) is 19.0 Å². The fourth-order valence-electron chi connectivity index (χ4n) is 1.37. The van der Waals surface area contributed by atoms with Gasteiger partial charge in [-0.2, -0.15) is 0 Å². The zero-order valence-electron chi connectivity index (χ0n) is 8.24. The number of amidine groups is 1. The molecule has 0 spiro atoms. The van der Waals surface area contributed by atoms with Gasteiger partial charge in [-0.3, -0.25) is 0 Å². The second kappa shape index (κ2) is 5.07. The molecule has 0 amide bonds. The van der Waals surface area contributed by atoms with Crippen molar-refractivity contribution in [1.82, 2.24) is 4.90 Å². The van der Waals surface area contributed by atoms with Crippen molar-refractivity contribution in [3.05, 3.63) is 0 Å². The highest BCUT2D eigenvalue weighted by Crippen LogP contribution is 2.29. The van der Waals surface area contributed by atoms with Gasteiger partial charge in [-0.25, -0.2) is 0 Å². The fourth-order valence-corrected chi connectivity index (χ4v) is 1.37. The zero-order valence-corrected chi connectivity index (χ0v) is 8.24. The van der Waals surface area contributed by atoms with E-state index in [9.17, 15) is 0 Å². The standard InChI is InChI=1S/C9H19N3O/c1-2-12(7-8-3-4-8)6-5-9(10)11-13/h8,13H,2-7H2,1H3,(H2,10,11). The highest BCUT2D eigenvalue weighted by molar-refractivity contribution is 5.79. The van der Waals surface area contributed by atoms with Crippen LogP contribution in [0, 0.1) is 5.92 Å². The largest absolute Gasteiger partial charge is 0.409 e. The molecule has 0 radical (unpaired) electrons. The molecule has 0 atom stereocenters. The van der Waals surface area contributed by atoms with Crippen LogP contribution in [0.1, 0.15) is 26.2 Å².